The molecular weight excluding hydrogens is 228 g/mol. The Balaban J connectivity index is 3.37. The molecule has 0 atom stereocenters. The predicted octanol–water partition coefficient (Wildman–Crippen LogP) is 2.70. The van der Waals surface area contributed by atoms with Crippen LogP contribution in [0.3, 0.4) is 0 Å². The number of ether oxygens (including phenoxy) is 2. The largest absolute Gasteiger partial charge is 0.493 e. The molecule has 96 valence electrons. The molecule has 0 fully saturated rings. The summed E-state index contributed by atoms with van der Waals surface area (Å²) < 4.78 is 10.5. The summed E-state index contributed by atoms with van der Waals surface area (Å²) >= 11 is 0. The summed E-state index contributed by atoms with van der Waals surface area (Å²) in [5, 5.41) is 9.12. The summed E-state index contributed by atoms with van der Waals surface area (Å²) in [6.45, 7) is 2.01. The second-order valence-corrected chi connectivity index (χ2v) is 3.80. The first-order valence-corrected chi connectivity index (χ1v) is 5.79. The molecule has 1 rings (SSSR count). The molecule has 2 N–H and O–H groups in total. The number of hydrogen-bond donors (Lipinski definition) is 1. The van der Waals surface area contributed by atoms with Gasteiger partial charge in [-0.2, -0.15) is 5.26 Å². The minimum absolute atomic E-state index is 0.454. The maximum absolute atomic E-state index is 9.12. The van der Waals surface area contributed by atoms with Crippen LogP contribution in [0.2, 0.25) is 0 Å². The van der Waals surface area contributed by atoms with Gasteiger partial charge in [0.05, 0.1) is 31.6 Å². The second-order valence-electron chi connectivity index (χ2n) is 3.80. The van der Waals surface area contributed by atoms with Crippen molar-refractivity contribution in [3.8, 4) is 17.6 Å². The van der Waals surface area contributed by atoms with Crippen LogP contribution in [0.15, 0.2) is 23.8 Å². The van der Waals surface area contributed by atoms with Gasteiger partial charge in [0.2, 0.25) is 0 Å². The van der Waals surface area contributed by atoms with Crippen molar-refractivity contribution >= 4 is 5.70 Å². The van der Waals surface area contributed by atoms with Gasteiger partial charge < -0.3 is 15.2 Å². The Hall–Kier alpha value is -2.15. The molecule has 0 amide bonds. The molecule has 18 heavy (non-hydrogen) atoms. The third kappa shape index (κ3) is 2.75. The Kier molecular flexibility index (Phi) is 5.06. The number of methoxy groups -OCH3 is 2. The third-order valence-corrected chi connectivity index (χ3v) is 2.65. The topological polar surface area (TPSA) is 68.3 Å². The smallest absolute Gasteiger partial charge is 0.170 e. The molecule has 4 nitrogen and oxygen atoms in total. The van der Waals surface area contributed by atoms with Gasteiger partial charge in [-0.05, 0) is 18.6 Å². The van der Waals surface area contributed by atoms with Crippen LogP contribution in [-0.2, 0) is 0 Å². The summed E-state index contributed by atoms with van der Waals surface area (Å²) in [4.78, 5) is 0. The van der Waals surface area contributed by atoms with Crippen molar-refractivity contribution < 1.29 is 9.47 Å². The van der Waals surface area contributed by atoms with Crippen LogP contribution in [0, 0.1) is 11.3 Å². The molecule has 0 aliphatic carbocycles. The van der Waals surface area contributed by atoms with Gasteiger partial charge in [0.1, 0.15) is 0 Å². The second kappa shape index (κ2) is 6.55. The summed E-state index contributed by atoms with van der Waals surface area (Å²) in [5.41, 5.74) is 7.78. The lowest BCUT2D eigenvalue weighted by Crippen LogP contribution is -2.04. The number of benzene rings is 1. The van der Waals surface area contributed by atoms with Crippen molar-refractivity contribution in [2.75, 3.05) is 14.2 Å². The highest BCUT2D eigenvalue weighted by Crippen LogP contribution is 2.34. The van der Waals surface area contributed by atoms with Gasteiger partial charge in [0.25, 0.3) is 0 Å². The first-order valence-electron chi connectivity index (χ1n) is 5.79. The third-order valence-electron chi connectivity index (χ3n) is 2.65. The van der Waals surface area contributed by atoms with E-state index in [1.807, 2.05) is 19.1 Å². The normalized spacial score (nSPS) is 11.4. The maximum Gasteiger partial charge on any atom is 0.170 e. The van der Waals surface area contributed by atoms with Crippen LogP contribution in [0.1, 0.15) is 25.3 Å². The van der Waals surface area contributed by atoms with E-state index in [1.165, 1.54) is 0 Å². The van der Waals surface area contributed by atoms with Crippen molar-refractivity contribution in [2.45, 2.75) is 19.8 Å². The Morgan fingerprint density at radius 2 is 2.06 bits per heavy atom. The lowest BCUT2D eigenvalue weighted by molar-refractivity contribution is 0.354. The van der Waals surface area contributed by atoms with E-state index in [4.69, 9.17) is 20.5 Å². The van der Waals surface area contributed by atoms with E-state index in [0.717, 1.165) is 6.42 Å². The molecule has 0 aliphatic rings. The molecule has 1 aromatic rings. The predicted molar refractivity (Wildman–Crippen MR) is 71.2 cm³/mol. The van der Waals surface area contributed by atoms with Crippen LogP contribution >= 0.6 is 0 Å². The highest BCUT2D eigenvalue weighted by molar-refractivity contribution is 5.75. The summed E-state index contributed by atoms with van der Waals surface area (Å²) in [6, 6.07) is 7.59. The Bertz CT molecular complexity index is 487. The fraction of sp³-hybridized carbons (Fsp3) is 0.357. The minimum Gasteiger partial charge on any atom is -0.493 e. The quantitative estimate of drug-likeness (QED) is 0.811. The van der Waals surface area contributed by atoms with Gasteiger partial charge in [-0.25, -0.2) is 0 Å². The lowest BCUT2D eigenvalue weighted by atomic mass is 10.0. The zero-order valence-electron chi connectivity index (χ0n) is 11.0. The van der Waals surface area contributed by atoms with Crippen LogP contribution < -0.4 is 15.2 Å². The fourth-order valence-electron chi connectivity index (χ4n) is 1.76. The SMILES string of the molecule is CCC/C(C#N)=C(/N)c1cccc(OC)c1OC. The van der Waals surface area contributed by atoms with Crippen molar-refractivity contribution in [2.24, 2.45) is 5.73 Å². The van der Waals surface area contributed by atoms with Crippen molar-refractivity contribution in [3.63, 3.8) is 0 Å². The molecule has 1 aromatic carbocycles. The Morgan fingerprint density at radius 3 is 2.56 bits per heavy atom. The summed E-state index contributed by atoms with van der Waals surface area (Å²) in [7, 11) is 3.12. The lowest BCUT2D eigenvalue weighted by Gasteiger charge is -2.13. The van der Waals surface area contributed by atoms with Gasteiger partial charge in [-0.1, -0.05) is 19.4 Å². The van der Waals surface area contributed by atoms with E-state index >= 15 is 0 Å². The molecule has 0 heterocycles. The van der Waals surface area contributed by atoms with E-state index in [-0.39, 0.29) is 0 Å². The number of rotatable bonds is 5. The van der Waals surface area contributed by atoms with Gasteiger partial charge in [0.15, 0.2) is 11.5 Å². The molecule has 0 unspecified atom stereocenters. The van der Waals surface area contributed by atoms with Crippen LogP contribution in [0.5, 0.6) is 11.5 Å². The molecule has 0 bridgehead atoms. The van der Waals surface area contributed by atoms with E-state index in [1.54, 1.807) is 20.3 Å². The van der Waals surface area contributed by atoms with E-state index < -0.39 is 0 Å². The van der Waals surface area contributed by atoms with Crippen molar-refractivity contribution in [1.29, 1.82) is 5.26 Å². The number of nitrogens with zero attached hydrogens (tertiary/aromatic N) is 1. The zero-order valence-corrected chi connectivity index (χ0v) is 11.0. The van der Waals surface area contributed by atoms with Gasteiger partial charge in [0, 0.05) is 5.56 Å². The molecule has 0 aliphatic heterocycles. The molecule has 0 saturated heterocycles. The van der Waals surface area contributed by atoms with Crippen molar-refractivity contribution in [3.05, 3.63) is 29.3 Å². The van der Waals surface area contributed by atoms with Gasteiger partial charge in [-0.15, -0.1) is 0 Å². The van der Waals surface area contributed by atoms with Crippen LogP contribution in [-0.4, -0.2) is 14.2 Å². The molecule has 0 spiro atoms. The number of para-hydroxylation sites is 1. The first-order chi connectivity index (χ1) is 8.69. The summed E-state index contributed by atoms with van der Waals surface area (Å²) in [6.07, 6.45) is 1.53. The van der Waals surface area contributed by atoms with Crippen LogP contribution in [0.4, 0.5) is 0 Å². The fourth-order valence-corrected chi connectivity index (χ4v) is 1.76. The Labute approximate surface area is 108 Å². The highest BCUT2D eigenvalue weighted by Gasteiger charge is 2.14. The standard InChI is InChI=1S/C14H18N2O2/c1-4-6-10(9-15)13(16)11-7-5-8-12(17-2)14(11)18-3/h5,7-8H,4,6,16H2,1-3H3/b13-10-. The summed E-state index contributed by atoms with van der Waals surface area (Å²) in [5.74, 6) is 1.16. The zero-order chi connectivity index (χ0) is 13.5. The van der Waals surface area contributed by atoms with Crippen molar-refractivity contribution in [1.82, 2.24) is 0 Å². The van der Waals surface area contributed by atoms with Crippen LogP contribution in [0.25, 0.3) is 5.70 Å². The first kappa shape index (κ1) is 13.9. The average Bonchev–Trinajstić information content (AvgIpc) is 2.42. The Morgan fingerprint density at radius 1 is 1.33 bits per heavy atom. The molecule has 0 radical (unpaired) electrons. The molecular formula is C14H18N2O2. The number of hydrogen-bond acceptors (Lipinski definition) is 4. The van der Waals surface area contributed by atoms with Gasteiger partial charge >= 0.3 is 0 Å². The monoisotopic (exact) mass is 246 g/mol. The average molecular weight is 246 g/mol. The van der Waals surface area contributed by atoms with Gasteiger partial charge in [-0.3, -0.25) is 0 Å². The van der Waals surface area contributed by atoms with E-state index in [9.17, 15) is 0 Å². The van der Waals surface area contributed by atoms with E-state index in [0.29, 0.717) is 34.8 Å². The minimum atomic E-state index is 0.454. The van der Waals surface area contributed by atoms with E-state index in [2.05, 4.69) is 6.07 Å². The number of nitriles is 1. The highest BCUT2D eigenvalue weighted by atomic mass is 16.5. The molecule has 0 saturated carbocycles. The number of allylic oxidation sites excluding steroid dienone is 1. The molecule has 4 heteroatoms. The maximum atomic E-state index is 9.12. The molecule has 0 aromatic heterocycles. The number of nitrogens with two attached hydrogens (primary N) is 1.